The molecule has 0 aliphatic carbocycles. The predicted octanol–water partition coefficient (Wildman–Crippen LogP) is -0.668. The van der Waals surface area contributed by atoms with Gasteiger partial charge in [0.25, 0.3) is 0 Å². The Kier molecular flexibility index (Phi) is 4.81. The van der Waals surface area contributed by atoms with E-state index in [0.717, 1.165) is 6.54 Å². The van der Waals surface area contributed by atoms with Crippen molar-refractivity contribution >= 4 is 0 Å². The van der Waals surface area contributed by atoms with Crippen LogP contribution in [0.25, 0.3) is 0 Å². The Morgan fingerprint density at radius 2 is 2.36 bits per heavy atom. The minimum Gasteiger partial charge on any atom is -0.390 e. The van der Waals surface area contributed by atoms with E-state index in [0.29, 0.717) is 19.1 Å². The van der Waals surface area contributed by atoms with Crippen LogP contribution in [0.3, 0.4) is 0 Å². The molecule has 4 heteroatoms. The molecular weight excluding hydrogens is 178 g/mol. The van der Waals surface area contributed by atoms with Crippen LogP contribution in [0.2, 0.25) is 0 Å². The van der Waals surface area contributed by atoms with Crippen LogP contribution in [-0.4, -0.2) is 67.3 Å². The highest BCUT2D eigenvalue weighted by molar-refractivity contribution is 4.79. The lowest BCUT2D eigenvalue weighted by atomic mass is 10.2. The maximum Gasteiger partial charge on any atom is 0.0789 e. The number of likely N-dealkylation sites (N-methyl/N-ethyl adjacent to an activating group) is 2. The molecule has 0 saturated carbocycles. The van der Waals surface area contributed by atoms with Crippen molar-refractivity contribution in [2.45, 2.75) is 25.0 Å². The number of likely N-dealkylation sites (tertiary alicyclic amines) is 1. The van der Waals surface area contributed by atoms with Gasteiger partial charge >= 0.3 is 0 Å². The van der Waals surface area contributed by atoms with Gasteiger partial charge in [-0.3, -0.25) is 0 Å². The highest BCUT2D eigenvalue weighted by atomic mass is 16.3. The van der Waals surface area contributed by atoms with Gasteiger partial charge in [-0.25, -0.2) is 0 Å². The van der Waals surface area contributed by atoms with Gasteiger partial charge in [-0.15, -0.1) is 0 Å². The van der Waals surface area contributed by atoms with Crippen molar-refractivity contribution in [3.8, 4) is 0 Å². The average molecular weight is 201 g/mol. The molecule has 1 saturated heterocycles. The van der Waals surface area contributed by atoms with Crippen molar-refractivity contribution in [2.24, 2.45) is 5.73 Å². The summed E-state index contributed by atoms with van der Waals surface area (Å²) in [5.74, 6) is 0. The minimum absolute atomic E-state index is 0.352. The summed E-state index contributed by atoms with van der Waals surface area (Å²) in [6.45, 7) is 3.27. The van der Waals surface area contributed by atoms with E-state index >= 15 is 0 Å². The fourth-order valence-electron chi connectivity index (χ4n) is 2.08. The fourth-order valence-corrected chi connectivity index (χ4v) is 2.08. The van der Waals surface area contributed by atoms with Crippen LogP contribution in [0.1, 0.15) is 12.8 Å². The molecule has 2 unspecified atom stereocenters. The van der Waals surface area contributed by atoms with Crippen molar-refractivity contribution in [3.05, 3.63) is 0 Å². The first-order valence-electron chi connectivity index (χ1n) is 5.40. The van der Waals surface area contributed by atoms with Crippen molar-refractivity contribution in [3.63, 3.8) is 0 Å². The van der Waals surface area contributed by atoms with Gasteiger partial charge < -0.3 is 20.6 Å². The lowest BCUT2D eigenvalue weighted by molar-refractivity contribution is 0.118. The van der Waals surface area contributed by atoms with Crippen LogP contribution in [0.5, 0.6) is 0 Å². The Labute approximate surface area is 86.7 Å². The van der Waals surface area contributed by atoms with Crippen LogP contribution in [0, 0.1) is 0 Å². The number of hydrogen-bond acceptors (Lipinski definition) is 4. The van der Waals surface area contributed by atoms with Crippen LogP contribution in [0.15, 0.2) is 0 Å². The number of nitrogens with zero attached hydrogens (tertiary/aromatic N) is 2. The molecule has 1 fully saturated rings. The molecule has 2 atom stereocenters. The van der Waals surface area contributed by atoms with Crippen LogP contribution >= 0.6 is 0 Å². The molecule has 4 nitrogen and oxygen atoms in total. The first-order chi connectivity index (χ1) is 6.63. The van der Waals surface area contributed by atoms with Gasteiger partial charge in [0.05, 0.1) is 6.10 Å². The Balaban J connectivity index is 2.22. The van der Waals surface area contributed by atoms with Crippen LogP contribution in [-0.2, 0) is 0 Å². The standard InChI is InChI=1S/C10H23N3O/c1-12(8-10(14)6-11)7-9-4-3-5-13(9)2/h9-10,14H,3-8,11H2,1-2H3. The summed E-state index contributed by atoms with van der Waals surface area (Å²) in [4.78, 5) is 4.56. The summed E-state index contributed by atoms with van der Waals surface area (Å²) < 4.78 is 0. The Bertz CT molecular complexity index is 165. The lowest BCUT2D eigenvalue weighted by Gasteiger charge is -2.26. The summed E-state index contributed by atoms with van der Waals surface area (Å²) in [6, 6.07) is 0.657. The molecule has 1 heterocycles. The second-order valence-electron chi connectivity index (χ2n) is 4.39. The summed E-state index contributed by atoms with van der Waals surface area (Å²) in [7, 11) is 4.22. The normalized spacial score (nSPS) is 25.9. The molecule has 14 heavy (non-hydrogen) atoms. The van der Waals surface area contributed by atoms with Gasteiger partial charge in [-0.1, -0.05) is 0 Å². The van der Waals surface area contributed by atoms with Gasteiger partial charge in [0.15, 0.2) is 0 Å². The maximum absolute atomic E-state index is 9.39. The molecule has 0 aromatic rings. The van der Waals surface area contributed by atoms with Crippen LogP contribution in [0.4, 0.5) is 0 Å². The molecular formula is C10H23N3O. The molecule has 1 aliphatic heterocycles. The van der Waals surface area contributed by atoms with E-state index in [1.54, 1.807) is 0 Å². The molecule has 0 aromatic heterocycles. The fraction of sp³-hybridized carbons (Fsp3) is 1.00. The smallest absolute Gasteiger partial charge is 0.0789 e. The van der Waals surface area contributed by atoms with E-state index in [-0.39, 0.29) is 6.10 Å². The van der Waals surface area contributed by atoms with E-state index in [2.05, 4.69) is 16.8 Å². The Morgan fingerprint density at radius 1 is 1.64 bits per heavy atom. The quantitative estimate of drug-likeness (QED) is 0.619. The molecule has 84 valence electrons. The lowest BCUT2D eigenvalue weighted by Crippen LogP contribution is -2.41. The van der Waals surface area contributed by atoms with E-state index in [1.807, 2.05) is 7.05 Å². The maximum atomic E-state index is 9.39. The zero-order chi connectivity index (χ0) is 10.6. The first-order valence-corrected chi connectivity index (χ1v) is 5.40. The zero-order valence-electron chi connectivity index (χ0n) is 9.32. The number of aliphatic hydroxyl groups is 1. The number of nitrogens with two attached hydrogens (primary N) is 1. The van der Waals surface area contributed by atoms with Crippen molar-refractivity contribution < 1.29 is 5.11 Å². The zero-order valence-corrected chi connectivity index (χ0v) is 9.32. The van der Waals surface area contributed by atoms with E-state index < -0.39 is 0 Å². The number of hydrogen-bond donors (Lipinski definition) is 2. The third-order valence-corrected chi connectivity index (χ3v) is 2.99. The highest BCUT2D eigenvalue weighted by Crippen LogP contribution is 2.15. The Hall–Kier alpha value is -0.160. The Morgan fingerprint density at radius 3 is 2.86 bits per heavy atom. The summed E-state index contributed by atoms with van der Waals surface area (Å²) in [6.07, 6.45) is 2.19. The van der Waals surface area contributed by atoms with Gasteiger partial charge in [0.2, 0.25) is 0 Å². The van der Waals surface area contributed by atoms with Gasteiger partial charge in [0.1, 0.15) is 0 Å². The van der Waals surface area contributed by atoms with E-state index in [9.17, 15) is 5.11 Å². The van der Waals surface area contributed by atoms with Crippen molar-refractivity contribution in [1.29, 1.82) is 0 Å². The van der Waals surface area contributed by atoms with E-state index in [1.165, 1.54) is 19.4 Å². The van der Waals surface area contributed by atoms with Crippen molar-refractivity contribution in [1.82, 2.24) is 9.80 Å². The second-order valence-corrected chi connectivity index (χ2v) is 4.39. The molecule has 1 aliphatic rings. The van der Waals surface area contributed by atoms with Gasteiger partial charge in [-0.2, -0.15) is 0 Å². The monoisotopic (exact) mass is 201 g/mol. The molecule has 1 rings (SSSR count). The molecule has 0 spiro atoms. The highest BCUT2D eigenvalue weighted by Gasteiger charge is 2.22. The summed E-state index contributed by atoms with van der Waals surface area (Å²) >= 11 is 0. The van der Waals surface area contributed by atoms with Crippen molar-refractivity contribution in [2.75, 3.05) is 40.3 Å². The molecule has 0 bridgehead atoms. The third kappa shape index (κ3) is 3.53. The third-order valence-electron chi connectivity index (χ3n) is 2.99. The molecule has 0 radical (unpaired) electrons. The molecule has 0 aromatic carbocycles. The first kappa shape index (κ1) is 11.9. The molecule has 0 amide bonds. The summed E-state index contributed by atoms with van der Waals surface area (Å²) in [5, 5.41) is 9.39. The molecule has 3 N–H and O–H groups in total. The minimum atomic E-state index is -0.383. The van der Waals surface area contributed by atoms with Gasteiger partial charge in [0, 0.05) is 25.7 Å². The second kappa shape index (κ2) is 5.66. The number of aliphatic hydroxyl groups excluding tert-OH is 1. The number of rotatable bonds is 5. The van der Waals surface area contributed by atoms with E-state index in [4.69, 9.17) is 5.73 Å². The SMILES string of the molecule is CN(CC(O)CN)CC1CCCN1C. The largest absolute Gasteiger partial charge is 0.390 e. The topological polar surface area (TPSA) is 52.7 Å². The van der Waals surface area contributed by atoms with Crippen LogP contribution < -0.4 is 5.73 Å². The predicted molar refractivity (Wildman–Crippen MR) is 58.2 cm³/mol. The van der Waals surface area contributed by atoms with Gasteiger partial charge in [-0.05, 0) is 33.5 Å². The summed E-state index contributed by atoms with van der Waals surface area (Å²) in [5.41, 5.74) is 5.37. The average Bonchev–Trinajstić information content (AvgIpc) is 2.51.